The van der Waals surface area contributed by atoms with E-state index in [0.717, 1.165) is 28.2 Å². The summed E-state index contributed by atoms with van der Waals surface area (Å²) in [5.41, 5.74) is 3.23. The molecule has 3 rings (SSSR count). The summed E-state index contributed by atoms with van der Waals surface area (Å²) in [7, 11) is 1.61. The van der Waals surface area contributed by atoms with Crippen LogP contribution in [0.3, 0.4) is 0 Å². The first-order valence-electron chi connectivity index (χ1n) is 21.4. The molecule has 0 amide bonds. The second-order valence-electron chi connectivity index (χ2n) is 13.5. The zero-order valence-corrected chi connectivity index (χ0v) is 37.4. The van der Waals surface area contributed by atoms with Gasteiger partial charge in [0.2, 0.25) is 0 Å². The largest absolute Gasteiger partial charge is 0.497 e. The van der Waals surface area contributed by atoms with Crippen LogP contribution in [0, 0.1) is 0 Å². The third-order valence-corrected chi connectivity index (χ3v) is 8.44. The van der Waals surface area contributed by atoms with Crippen molar-refractivity contribution in [1.29, 1.82) is 0 Å². The highest BCUT2D eigenvalue weighted by Crippen LogP contribution is 2.25. The Morgan fingerprint density at radius 3 is 1.12 bits per heavy atom. The van der Waals surface area contributed by atoms with Crippen LogP contribution in [0.25, 0.3) is 17.2 Å². The van der Waals surface area contributed by atoms with Gasteiger partial charge >= 0.3 is 11.9 Å². The first-order chi connectivity index (χ1) is 31.4. The maximum absolute atomic E-state index is 12.3. The van der Waals surface area contributed by atoms with Crippen molar-refractivity contribution >= 4 is 18.0 Å². The Balaban J connectivity index is 0.997. The van der Waals surface area contributed by atoms with E-state index in [1.807, 2.05) is 60.7 Å². The molecule has 0 radical (unpaired) electrons. The normalized spacial score (nSPS) is 11.2. The number of hydrogen-bond donors (Lipinski definition) is 0. The van der Waals surface area contributed by atoms with E-state index < -0.39 is 11.9 Å². The maximum Gasteiger partial charge on any atom is 0.336 e. The van der Waals surface area contributed by atoms with Crippen molar-refractivity contribution in [3.63, 3.8) is 0 Å². The summed E-state index contributed by atoms with van der Waals surface area (Å²) in [6, 6.07) is 22.5. The molecule has 0 aliphatic rings. The molecule has 3 aromatic carbocycles. The summed E-state index contributed by atoms with van der Waals surface area (Å²) < 4.78 is 76.2. The van der Waals surface area contributed by atoms with Crippen molar-refractivity contribution in [2.75, 3.05) is 152 Å². The van der Waals surface area contributed by atoms with Crippen molar-refractivity contribution in [3.8, 4) is 28.4 Å². The Labute approximate surface area is 377 Å². The zero-order chi connectivity index (χ0) is 45.6. The molecule has 3 aromatic rings. The molecule has 0 aliphatic heterocycles. The van der Waals surface area contributed by atoms with Crippen LogP contribution in [0.2, 0.25) is 0 Å². The third-order valence-electron chi connectivity index (χ3n) is 8.44. The van der Waals surface area contributed by atoms with Crippen LogP contribution >= 0.6 is 0 Å². The summed E-state index contributed by atoms with van der Waals surface area (Å²) in [4.78, 5) is 23.5. The Hall–Kier alpha value is -4.72. The van der Waals surface area contributed by atoms with Gasteiger partial charge in [-0.05, 0) is 66.1 Å². The van der Waals surface area contributed by atoms with Crippen LogP contribution in [0.4, 0.5) is 0 Å². The van der Waals surface area contributed by atoms with Gasteiger partial charge in [-0.15, -0.1) is 0 Å². The molecular weight excluding hydrogens is 833 g/mol. The van der Waals surface area contributed by atoms with Crippen molar-refractivity contribution in [1.82, 2.24) is 0 Å². The average molecular weight is 899 g/mol. The van der Waals surface area contributed by atoms with Crippen LogP contribution in [0.15, 0.2) is 91.0 Å². The number of ether oxygens (including phenoxy) is 14. The van der Waals surface area contributed by atoms with Gasteiger partial charge in [-0.3, -0.25) is 0 Å². The molecule has 0 aromatic heterocycles. The average Bonchev–Trinajstić information content (AvgIpc) is 3.31. The summed E-state index contributed by atoms with van der Waals surface area (Å²) >= 11 is 0. The van der Waals surface area contributed by atoms with E-state index in [1.165, 1.54) is 6.08 Å². The van der Waals surface area contributed by atoms with E-state index in [0.29, 0.717) is 150 Å². The third kappa shape index (κ3) is 27.5. The lowest BCUT2D eigenvalue weighted by molar-refractivity contribution is -0.140. The van der Waals surface area contributed by atoms with Crippen molar-refractivity contribution in [2.45, 2.75) is 6.92 Å². The molecule has 16 heteroatoms. The smallest absolute Gasteiger partial charge is 0.336 e. The first-order valence-corrected chi connectivity index (χ1v) is 21.4. The van der Waals surface area contributed by atoms with Gasteiger partial charge in [0.05, 0.1) is 139 Å². The van der Waals surface area contributed by atoms with Gasteiger partial charge < -0.3 is 66.3 Å². The summed E-state index contributed by atoms with van der Waals surface area (Å²) in [5.74, 6) is 1.08. The second-order valence-corrected chi connectivity index (χ2v) is 13.5. The van der Waals surface area contributed by atoms with Crippen molar-refractivity contribution < 1.29 is 75.9 Å². The molecule has 0 saturated carbocycles. The van der Waals surface area contributed by atoms with Gasteiger partial charge in [-0.25, -0.2) is 9.59 Å². The summed E-state index contributed by atoms with van der Waals surface area (Å²) in [5, 5.41) is 0. The summed E-state index contributed by atoms with van der Waals surface area (Å²) in [6.45, 7) is 14.9. The summed E-state index contributed by atoms with van der Waals surface area (Å²) in [6.07, 6.45) is 3.09. The standard InChI is InChI=1S/C48H66O16/c1-40(2)48(50)63-39-37-61-35-33-59-31-29-57-27-25-55-23-21-53-19-18-52-20-22-54-24-26-56-28-30-58-32-34-60-36-38-62-45-13-7-42(8-14-45)43-9-15-46(16-10-43)64-47(49)17-6-41-4-11-44(51-3)12-5-41/h4-17H,1,18-39H2,2-3H3/b17-6+. The van der Waals surface area contributed by atoms with E-state index in [1.54, 1.807) is 32.2 Å². The van der Waals surface area contributed by atoms with Crippen LogP contribution in [-0.4, -0.2) is 164 Å². The fraction of sp³-hybridized carbons (Fsp3) is 0.500. The Morgan fingerprint density at radius 1 is 0.438 bits per heavy atom. The van der Waals surface area contributed by atoms with Crippen LogP contribution < -0.4 is 14.2 Å². The van der Waals surface area contributed by atoms with Gasteiger partial charge in [-0.2, -0.15) is 0 Å². The molecular formula is C48H66O16. The van der Waals surface area contributed by atoms with Crippen molar-refractivity contribution in [3.05, 3.63) is 96.6 Å². The number of rotatable bonds is 40. The fourth-order valence-corrected chi connectivity index (χ4v) is 5.10. The fourth-order valence-electron chi connectivity index (χ4n) is 5.10. The zero-order valence-electron chi connectivity index (χ0n) is 37.4. The predicted molar refractivity (Wildman–Crippen MR) is 239 cm³/mol. The van der Waals surface area contributed by atoms with Crippen molar-refractivity contribution in [2.24, 2.45) is 0 Å². The highest BCUT2D eigenvalue weighted by Gasteiger charge is 2.05. The van der Waals surface area contributed by atoms with Gasteiger partial charge in [0.15, 0.2) is 0 Å². The molecule has 0 atom stereocenters. The first kappa shape index (κ1) is 53.6. The molecule has 0 aliphatic carbocycles. The van der Waals surface area contributed by atoms with E-state index in [4.69, 9.17) is 66.3 Å². The SMILES string of the molecule is C=C(C)C(=O)OCCOCCOCCOCCOCCOCCOCCOCCOCCOCCOCCOc1ccc(-c2ccc(OC(=O)/C=C/c3ccc(OC)cc3)cc2)cc1. The molecule has 0 spiro atoms. The number of esters is 2. The number of carbonyl (C=O) groups is 2. The molecule has 0 unspecified atom stereocenters. The lowest BCUT2D eigenvalue weighted by Crippen LogP contribution is -2.15. The molecule has 16 nitrogen and oxygen atoms in total. The van der Waals surface area contributed by atoms with Gasteiger partial charge in [0.25, 0.3) is 0 Å². The molecule has 0 fully saturated rings. The van der Waals surface area contributed by atoms with Gasteiger partial charge in [0.1, 0.15) is 30.5 Å². The second kappa shape index (κ2) is 36.6. The minimum atomic E-state index is -0.456. The molecule has 64 heavy (non-hydrogen) atoms. The number of hydrogen-bond acceptors (Lipinski definition) is 16. The Kier molecular flexibility index (Phi) is 30.7. The quantitative estimate of drug-likeness (QED) is 0.0298. The van der Waals surface area contributed by atoms with E-state index >= 15 is 0 Å². The minimum absolute atomic E-state index is 0.191. The lowest BCUT2D eigenvalue weighted by Gasteiger charge is -2.09. The van der Waals surface area contributed by atoms with E-state index in [2.05, 4.69) is 6.58 Å². The van der Waals surface area contributed by atoms with Gasteiger partial charge in [0, 0.05) is 11.6 Å². The predicted octanol–water partition coefficient (Wildman–Crippen LogP) is 5.65. The number of benzene rings is 3. The van der Waals surface area contributed by atoms with Crippen LogP contribution in [0.5, 0.6) is 17.2 Å². The molecule has 0 bridgehead atoms. The van der Waals surface area contributed by atoms with E-state index in [-0.39, 0.29) is 6.61 Å². The highest BCUT2D eigenvalue weighted by molar-refractivity contribution is 5.89. The monoisotopic (exact) mass is 898 g/mol. The topological polar surface area (TPSA) is 163 Å². The molecule has 0 saturated heterocycles. The lowest BCUT2D eigenvalue weighted by atomic mass is 10.1. The van der Waals surface area contributed by atoms with E-state index in [9.17, 15) is 9.59 Å². The maximum atomic E-state index is 12.3. The molecule has 354 valence electrons. The van der Waals surface area contributed by atoms with Crippen LogP contribution in [0.1, 0.15) is 12.5 Å². The molecule has 0 N–H and O–H groups in total. The van der Waals surface area contributed by atoms with Gasteiger partial charge in [-0.1, -0.05) is 43.0 Å². The highest BCUT2D eigenvalue weighted by atomic mass is 16.6. The number of methoxy groups -OCH3 is 1. The molecule has 0 heterocycles. The Morgan fingerprint density at radius 2 is 0.766 bits per heavy atom. The minimum Gasteiger partial charge on any atom is -0.497 e. The Bertz CT molecular complexity index is 1660. The number of carbonyl (C=O) groups excluding carboxylic acids is 2. The van der Waals surface area contributed by atoms with Crippen LogP contribution in [-0.2, 0) is 61.7 Å².